The number of anilines is 1. The molecule has 22 heavy (non-hydrogen) atoms. The Labute approximate surface area is 129 Å². The number of aromatic nitrogens is 1. The van der Waals surface area contributed by atoms with E-state index in [0.717, 1.165) is 16.8 Å². The fourth-order valence-corrected chi connectivity index (χ4v) is 2.24. The van der Waals surface area contributed by atoms with Crippen molar-refractivity contribution in [3.63, 3.8) is 0 Å². The van der Waals surface area contributed by atoms with Gasteiger partial charge in [0, 0.05) is 6.20 Å². The van der Waals surface area contributed by atoms with E-state index < -0.39 is 6.03 Å². The highest BCUT2D eigenvalue weighted by Crippen LogP contribution is 2.24. The third-order valence-corrected chi connectivity index (χ3v) is 3.25. The van der Waals surface area contributed by atoms with Gasteiger partial charge in [-0.15, -0.1) is 0 Å². The number of rotatable bonds is 3. The first kappa shape index (κ1) is 15.5. The van der Waals surface area contributed by atoms with Crippen molar-refractivity contribution in [3.8, 4) is 0 Å². The molecule has 1 aromatic heterocycles. The average Bonchev–Trinajstić information content (AvgIpc) is 2.49. The second-order valence-electron chi connectivity index (χ2n) is 4.94. The van der Waals surface area contributed by atoms with Crippen molar-refractivity contribution < 1.29 is 4.79 Å². The summed E-state index contributed by atoms with van der Waals surface area (Å²) in [6.07, 6.45) is 1.66. The van der Waals surface area contributed by atoms with Crippen LogP contribution in [0.4, 0.5) is 10.5 Å². The van der Waals surface area contributed by atoms with Crippen LogP contribution in [-0.4, -0.2) is 17.0 Å². The van der Waals surface area contributed by atoms with E-state index in [4.69, 9.17) is 11.1 Å². The fourth-order valence-electron chi connectivity index (χ4n) is 2.24. The number of carbonyl (C=O) groups is 1. The Morgan fingerprint density at radius 3 is 2.45 bits per heavy atom. The number of nitrogens with zero attached hydrogens (tertiary/aromatic N) is 2. The third kappa shape index (κ3) is 3.41. The number of urea groups is 1. The molecule has 2 rings (SSSR count). The Morgan fingerprint density at radius 1 is 1.23 bits per heavy atom. The maximum Gasteiger partial charge on any atom is 0.329 e. The highest BCUT2D eigenvalue weighted by molar-refractivity contribution is 6.14. The average molecular weight is 297 g/mol. The van der Waals surface area contributed by atoms with Gasteiger partial charge in [0.15, 0.2) is 0 Å². The van der Waals surface area contributed by atoms with E-state index in [-0.39, 0.29) is 12.5 Å². The minimum absolute atomic E-state index is 0.272. The first-order chi connectivity index (χ1) is 10.5. The molecule has 1 aromatic carbocycles. The SMILES string of the molecule is Cc1cccc(C)c1N(C(=N)N)C(=O)NCc1ccccn1. The van der Waals surface area contributed by atoms with E-state index in [1.54, 1.807) is 6.20 Å². The quantitative estimate of drug-likeness (QED) is 0.599. The van der Waals surface area contributed by atoms with Crippen LogP contribution in [0.5, 0.6) is 0 Å². The molecule has 0 unspecified atom stereocenters. The molecular formula is C16H19N5O. The van der Waals surface area contributed by atoms with Gasteiger partial charge in [-0.25, -0.2) is 9.69 Å². The van der Waals surface area contributed by atoms with Gasteiger partial charge in [0.05, 0.1) is 17.9 Å². The first-order valence-electron chi connectivity index (χ1n) is 6.89. The van der Waals surface area contributed by atoms with Crippen LogP contribution in [-0.2, 0) is 6.54 Å². The summed E-state index contributed by atoms with van der Waals surface area (Å²) >= 11 is 0. The number of carbonyl (C=O) groups excluding carboxylic acids is 1. The van der Waals surface area contributed by atoms with Crippen LogP contribution >= 0.6 is 0 Å². The van der Waals surface area contributed by atoms with Crippen LogP contribution in [0.1, 0.15) is 16.8 Å². The molecule has 0 aliphatic rings. The van der Waals surface area contributed by atoms with Gasteiger partial charge in [0.25, 0.3) is 0 Å². The first-order valence-corrected chi connectivity index (χ1v) is 6.89. The number of aryl methyl sites for hydroxylation is 2. The number of pyridine rings is 1. The number of para-hydroxylation sites is 1. The van der Waals surface area contributed by atoms with Crippen LogP contribution in [0.25, 0.3) is 0 Å². The van der Waals surface area contributed by atoms with Gasteiger partial charge >= 0.3 is 6.03 Å². The smallest absolute Gasteiger partial charge is 0.329 e. The second kappa shape index (κ2) is 6.71. The van der Waals surface area contributed by atoms with Gasteiger partial charge in [-0.1, -0.05) is 24.3 Å². The molecule has 6 heteroatoms. The molecule has 0 aliphatic heterocycles. The molecule has 2 aromatic rings. The number of guanidine groups is 1. The number of nitrogens with one attached hydrogen (secondary N) is 2. The molecule has 0 radical (unpaired) electrons. The third-order valence-electron chi connectivity index (χ3n) is 3.25. The highest BCUT2D eigenvalue weighted by atomic mass is 16.2. The van der Waals surface area contributed by atoms with Gasteiger partial charge in [0.2, 0.25) is 5.96 Å². The van der Waals surface area contributed by atoms with Crippen LogP contribution in [0.2, 0.25) is 0 Å². The van der Waals surface area contributed by atoms with Crippen LogP contribution in [0.3, 0.4) is 0 Å². The van der Waals surface area contributed by atoms with Gasteiger partial charge in [-0.2, -0.15) is 0 Å². The van der Waals surface area contributed by atoms with E-state index in [2.05, 4.69) is 10.3 Å². The molecule has 0 saturated heterocycles. The van der Waals surface area contributed by atoms with Gasteiger partial charge in [-0.05, 0) is 37.1 Å². The lowest BCUT2D eigenvalue weighted by Gasteiger charge is -2.24. The highest BCUT2D eigenvalue weighted by Gasteiger charge is 2.21. The molecule has 0 saturated carbocycles. The van der Waals surface area contributed by atoms with Crippen LogP contribution < -0.4 is 16.0 Å². The number of amides is 2. The predicted octanol–water partition coefficient (Wildman–Crippen LogP) is 2.31. The Bertz CT molecular complexity index is 664. The van der Waals surface area contributed by atoms with Crippen molar-refractivity contribution in [3.05, 3.63) is 59.4 Å². The van der Waals surface area contributed by atoms with E-state index in [1.807, 2.05) is 50.2 Å². The van der Waals surface area contributed by atoms with E-state index in [9.17, 15) is 4.79 Å². The van der Waals surface area contributed by atoms with Crippen LogP contribution in [0.15, 0.2) is 42.6 Å². The summed E-state index contributed by atoms with van der Waals surface area (Å²) in [5, 5.41) is 10.5. The summed E-state index contributed by atoms with van der Waals surface area (Å²) in [5.41, 5.74) is 8.73. The molecule has 0 atom stereocenters. The maximum atomic E-state index is 12.4. The maximum absolute atomic E-state index is 12.4. The zero-order valence-corrected chi connectivity index (χ0v) is 12.6. The summed E-state index contributed by atoms with van der Waals surface area (Å²) < 4.78 is 0. The Kier molecular flexibility index (Phi) is 4.73. The zero-order chi connectivity index (χ0) is 16.1. The van der Waals surface area contributed by atoms with Crippen molar-refractivity contribution in [1.82, 2.24) is 10.3 Å². The summed E-state index contributed by atoms with van der Waals surface area (Å²) in [5.74, 6) is -0.323. The molecule has 0 aliphatic carbocycles. The fraction of sp³-hybridized carbons (Fsp3) is 0.188. The minimum atomic E-state index is -0.449. The molecule has 1 heterocycles. The van der Waals surface area contributed by atoms with Crippen molar-refractivity contribution in [2.75, 3.05) is 4.90 Å². The molecule has 0 bridgehead atoms. The van der Waals surface area contributed by atoms with Crippen molar-refractivity contribution >= 4 is 17.7 Å². The molecular weight excluding hydrogens is 278 g/mol. The van der Waals surface area contributed by atoms with E-state index >= 15 is 0 Å². The van der Waals surface area contributed by atoms with Crippen molar-refractivity contribution in [1.29, 1.82) is 5.41 Å². The molecule has 6 nitrogen and oxygen atoms in total. The molecule has 114 valence electrons. The summed E-state index contributed by atoms with van der Waals surface area (Å²) in [6, 6.07) is 10.7. The van der Waals surface area contributed by atoms with Crippen LogP contribution in [0, 0.1) is 19.3 Å². The zero-order valence-electron chi connectivity index (χ0n) is 12.6. The summed E-state index contributed by atoms with van der Waals surface area (Å²) in [6.45, 7) is 4.03. The summed E-state index contributed by atoms with van der Waals surface area (Å²) in [7, 11) is 0. The molecule has 2 amide bonds. The predicted molar refractivity (Wildman–Crippen MR) is 86.8 cm³/mol. The summed E-state index contributed by atoms with van der Waals surface area (Å²) in [4.78, 5) is 17.7. The number of nitrogens with two attached hydrogens (primary N) is 1. The Hall–Kier alpha value is -2.89. The second-order valence-corrected chi connectivity index (χ2v) is 4.94. The number of hydrogen-bond acceptors (Lipinski definition) is 3. The normalized spacial score (nSPS) is 10.1. The van der Waals surface area contributed by atoms with Gasteiger partial charge < -0.3 is 11.1 Å². The van der Waals surface area contributed by atoms with E-state index in [1.165, 1.54) is 4.90 Å². The van der Waals surface area contributed by atoms with Gasteiger partial charge in [0.1, 0.15) is 0 Å². The molecule has 4 N–H and O–H groups in total. The van der Waals surface area contributed by atoms with Crippen molar-refractivity contribution in [2.45, 2.75) is 20.4 Å². The van der Waals surface area contributed by atoms with Gasteiger partial charge in [-0.3, -0.25) is 10.4 Å². The van der Waals surface area contributed by atoms with Crippen molar-refractivity contribution in [2.24, 2.45) is 5.73 Å². The molecule has 0 fully saturated rings. The lowest BCUT2D eigenvalue weighted by atomic mass is 10.1. The standard InChI is InChI=1S/C16H19N5O/c1-11-6-5-7-12(2)14(11)21(15(17)18)16(22)20-10-13-8-3-4-9-19-13/h3-9H,10H2,1-2H3,(H3,17,18)(H,20,22). The Morgan fingerprint density at radius 2 is 1.91 bits per heavy atom. The number of benzene rings is 1. The monoisotopic (exact) mass is 297 g/mol. The Balaban J connectivity index is 2.21. The topological polar surface area (TPSA) is 95.1 Å². The minimum Gasteiger partial charge on any atom is -0.369 e. The van der Waals surface area contributed by atoms with E-state index in [0.29, 0.717) is 5.69 Å². The molecule has 0 spiro atoms. The lowest BCUT2D eigenvalue weighted by molar-refractivity contribution is 0.248. The largest absolute Gasteiger partial charge is 0.369 e. The number of hydrogen-bond donors (Lipinski definition) is 3. The lowest BCUT2D eigenvalue weighted by Crippen LogP contribution is -2.47.